The molecule has 0 saturated heterocycles. The second-order valence-electron chi connectivity index (χ2n) is 6.86. The molecule has 1 amide bonds. The quantitative estimate of drug-likeness (QED) is 0.344. The molecule has 0 aliphatic carbocycles. The maximum Gasteiger partial charge on any atom is 0.337 e. The van der Waals surface area contributed by atoms with Crippen LogP contribution in [0, 0.1) is 5.82 Å². The topological polar surface area (TPSA) is 104 Å². The number of benzene rings is 3. The summed E-state index contributed by atoms with van der Waals surface area (Å²) in [6.45, 7) is 0.269. The zero-order chi connectivity index (χ0) is 22.7. The van der Waals surface area contributed by atoms with Crippen molar-refractivity contribution in [1.29, 1.82) is 0 Å². The Labute approximate surface area is 190 Å². The molecule has 160 valence electrons. The van der Waals surface area contributed by atoms with E-state index in [-0.39, 0.29) is 17.8 Å². The molecule has 32 heavy (non-hydrogen) atoms. The van der Waals surface area contributed by atoms with E-state index < -0.39 is 17.7 Å². The highest BCUT2D eigenvalue weighted by atomic mass is 79.9. The van der Waals surface area contributed by atoms with E-state index in [9.17, 15) is 19.1 Å². The number of carbonyl (C=O) groups is 2. The van der Waals surface area contributed by atoms with Gasteiger partial charge in [0, 0.05) is 22.0 Å². The molecule has 0 unspecified atom stereocenters. The van der Waals surface area contributed by atoms with Gasteiger partial charge in [-0.25, -0.2) is 19.2 Å². The summed E-state index contributed by atoms with van der Waals surface area (Å²) >= 11 is 3.31. The van der Waals surface area contributed by atoms with Crippen LogP contribution in [0.1, 0.15) is 26.3 Å². The van der Waals surface area contributed by atoms with Crippen molar-refractivity contribution < 1.29 is 19.1 Å². The monoisotopic (exact) mass is 494 g/mol. The van der Waals surface area contributed by atoms with Gasteiger partial charge in [-0.15, -0.1) is 0 Å². The van der Waals surface area contributed by atoms with E-state index in [1.54, 1.807) is 42.5 Å². The van der Waals surface area contributed by atoms with Crippen LogP contribution >= 0.6 is 15.9 Å². The van der Waals surface area contributed by atoms with E-state index in [2.05, 4.69) is 36.5 Å². The molecule has 7 nitrogen and oxygen atoms in total. The summed E-state index contributed by atoms with van der Waals surface area (Å²) in [5.74, 6) is -1.62. The molecule has 4 aromatic rings. The molecule has 0 atom stereocenters. The molecular weight excluding hydrogens is 479 g/mol. The molecule has 9 heteroatoms. The molecule has 0 aliphatic heterocycles. The van der Waals surface area contributed by atoms with Gasteiger partial charge in [0.25, 0.3) is 5.91 Å². The number of hydrogen-bond donors (Lipinski definition) is 3. The average Bonchev–Trinajstić information content (AvgIpc) is 2.79. The number of carboxylic acids is 1. The zero-order valence-corrected chi connectivity index (χ0v) is 18.1. The third kappa shape index (κ3) is 4.57. The highest BCUT2D eigenvalue weighted by Crippen LogP contribution is 2.24. The van der Waals surface area contributed by atoms with Crippen molar-refractivity contribution in [2.75, 3.05) is 10.6 Å². The van der Waals surface area contributed by atoms with Crippen LogP contribution in [0.2, 0.25) is 0 Å². The molecular formula is C23H16BrFN4O3. The first-order chi connectivity index (χ1) is 15.4. The van der Waals surface area contributed by atoms with Gasteiger partial charge in [-0.05, 0) is 54.1 Å². The number of fused-ring (bicyclic) bond motifs is 1. The molecule has 0 saturated carbocycles. The summed E-state index contributed by atoms with van der Waals surface area (Å²) in [6.07, 6.45) is 1.28. The number of carboxylic acid groups (broad SMARTS) is 1. The summed E-state index contributed by atoms with van der Waals surface area (Å²) in [5, 5.41) is 15.6. The predicted octanol–water partition coefficient (Wildman–Crippen LogP) is 5.09. The SMILES string of the molecule is O=C(Nc1cc(CNc2ncnc3c(C(=O)O)cccc23)ccc1F)c1ccc(Br)cc1. The molecule has 3 aromatic carbocycles. The van der Waals surface area contributed by atoms with Gasteiger partial charge in [0.15, 0.2) is 0 Å². The number of rotatable bonds is 6. The number of halogens is 2. The lowest BCUT2D eigenvalue weighted by Crippen LogP contribution is -2.13. The average molecular weight is 495 g/mol. The van der Waals surface area contributed by atoms with E-state index in [1.165, 1.54) is 24.5 Å². The Morgan fingerprint density at radius 1 is 1.03 bits per heavy atom. The highest BCUT2D eigenvalue weighted by Gasteiger charge is 2.13. The van der Waals surface area contributed by atoms with Crippen LogP contribution in [0.15, 0.2) is 71.5 Å². The van der Waals surface area contributed by atoms with Crippen molar-refractivity contribution >= 4 is 50.2 Å². The minimum Gasteiger partial charge on any atom is -0.478 e. The zero-order valence-electron chi connectivity index (χ0n) is 16.5. The van der Waals surface area contributed by atoms with Gasteiger partial charge >= 0.3 is 5.97 Å². The van der Waals surface area contributed by atoms with Crippen LogP contribution in [0.25, 0.3) is 10.9 Å². The van der Waals surface area contributed by atoms with Crippen LogP contribution in [0.3, 0.4) is 0 Å². The maximum atomic E-state index is 14.3. The van der Waals surface area contributed by atoms with E-state index in [0.29, 0.717) is 27.8 Å². The van der Waals surface area contributed by atoms with E-state index >= 15 is 0 Å². The molecule has 1 heterocycles. The smallest absolute Gasteiger partial charge is 0.337 e. The summed E-state index contributed by atoms with van der Waals surface area (Å²) in [7, 11) is 0. The molecule has 4 rings (SSSR count). The van der Waals surface area contributed by atoms with Gasteiger partial charge in [-0.1, -0.05) is 28.1 Å². The minimum absolute atomic E-state index is 0.0536. The summed E-state index contributed by atoms with van der Waals surface area (Å²) in [4.78, 5) is 32.1. The molecule has 0 radical (unpaired) electrons. The van der Waals surface area contributed by atoms with Crippen molar-refractivity contribution in [3.8, 4) is 0 Å². The molecule has 0 aliphatic rings. The lowest BCUT2D eigenvalue weighted by atomic mass is 10.1. The number of hydrogen-bond acceptors (Lipinski definition) is 5. The normalized spacial score (nSPS) is 10.7. The lowest BCUT2D eigenvalue weighted by Gasteiger charge is -2.12. The number of aromatic nitrogens is 2. The minimum atomic E-state index is -1.08. The van der Waals surface area contributed by atoms with Gasteiger partial charge in [0.05, 0.1) is 16.8 Å². The van der Waals surface area contributed by atoms with Crippen LogP contribution in [-0.4, -0.2) is 27.0 Å². The van der Waals surface area contributed by atoms with Gasteiger partial charge in [0.1, 0.15) is 18.0 Å². The third-order valence-corrected chi connectivity index (χ3v) is 5.27. The first-order valence-electron chi connectivity index (χ1n) is 9.48. The molecule has 3 N–H and O–H groups in total. The van der Waals surface area contributed by atoms with Crippen molar-refractivity contribution in [3.63, 3.8) is 0 Å². The first kappa shape index (κ1) is 21.4. The Balaban J connectivity index is 1.54. The molecule has 0 fully saturated rings. The molecule has 0 bridgehead atoms. The summed E-state index contributed by atoms with van der Waals surface area (Å²) in [6, 6.07) is 15.9. The van der Waals surface area contributed by atoms with Gasteiger partial charge in [-0.2, -0.15) is 0 Å². The van der Waals surface area contributed by atoms with E-state index in [1.807, 2.05) is 0 Å². The van der Waals surface area contributed by atoms with E-state index in [0.717, 1.165) is 4.47 Å². The highest BCUT2D eigenvalue weighted by molar-refractivity contribution is 9.10. The fraction of sp³-hybridized carbons (Fsp3) is 0.0435. The van der Waals surface area contributed by atoms with Crippen LogP contribution < -0.4 is 10.6 Å². The third-order valence-electron chi connectivity index (χ3n) is 4.74. The lowest BCUT2D eigenvalue weighted by molar-refractivity contribution is 0.0698. The van der Waals surface area contributed by atoms with Crippen molar-refractivity contribution in [2.24, 2.45) is 0 Å². The Bertz CT molecular complexity index is 1330. The number of nitrogens with one attached hydrogen (secondary N) is 2. The van der Waals surface area contributed by atoms with Crippen molar-refractivity contribution in [2.45, 2.75) is 6.54 Å². The number of aromatic carboxylic acids is 1. The number of amides is 1. The van der Waals surface area contributed by atoms with Crippen molar-refractivity contribution in [3.05, 3.63) is 94.0 Å². The number of nitrogens with zero attached hydrogens (tertiary/aromatic N) is 2. The van der Waals surface area contributed by atoms with Crippen LogP contribution in [0.5, 0.6) is 0 Å². The number of para-hydroxylation sites is 1. The predicted molar refractivity (Wildman–Crippen MR) is 122 cm³/mol. The summed E-state index contributed by atoms with van der Waals surface area (Å²) < 4.78 is 15.1. The van der Waals surface area contributed by atoms with Gasteiger partial charge in [-0.3, -0.25) is 4.79 Å². The Morgan fingerprint density at radius 2 is 1.81 bits per heavy atom. The maximum absolute atomic E-state index is 14.3. The van der Waals surface area contributed by atoms with E-state index in [4.69, 9.17) is 0 Å². The molecule has 0 spiro atoms. The largest absolute Gasteiger partial charge is 0.478 e. The Kier molecular flexibility index (Phi) is 6.09. The Hall–Kier alpha value is -3.85. The van der Waals surface area contributed by atoms with Crippen molar-refractivity contribution in [1.82, 2.24) is 9.97 Å². The second-order valence-corrected chi connectivity index (χ2v) is 7.77. The number of anilines is 2. The second kappa shape index (κ2) is 9.11. The van der Waals surface area contributed by atoms with Gasteiger partial charge < -0.3 is 15.7 Å². The van der Waals surface area contributed by atoms with Crippen LogP contribution in [-0.2, 0) is 6.54 Å². The summed E-state index contributed by atoms with van der Waals surface area (Å²) in [5.41, 5.74) is 1.54. The fourth-order valence-corrected chi connectivity index (χ4v) is 3.43. The fourth-order valence-electron chi connectivity index (χ4n) is 3.16. The van der Waals surface area contributed by atoms with Gasteiger partial charge in [0.2, 0.25) is 0 Å². The standard InChI is InChI=1S/C23H16BrFN4O3/c24-15-7-5-14(6-8-15)22(30)29-19-10-13(4-9-18(19)25)11-26-21-16-2-1-3-17(23(31)32)20(16)27-12-28-21/h1-10,12H,11H2,(H,29,30)(H,31,32)(H,26,27,28). The number of carbonyl (C=O) groups excluding carboxylic acids is 1. The molecule has 1 aromatic heterocycles. The van der Waals surface area contributed by atoms with Crippen LogP contribution in [0.4, 0.5) is 15.9 Å². The Morgan fingerprint density at radius 3 is 2.56 bits per heavy atom. The first-order valence-corrected chi connectivity index (χ1v) is 10.3.